The van der Waals surface area contributed by atoms with E-state index in [1.807, 2.05) is 0 Å². The molecule has 12 heavy (non-hydrogen) atoms. The van der Waals surface area contributed by atoms with Crippen molar-refractivity contribution in [2.24, 2.45) is 0 Å². The van der Waals surface area contributed by atoms with Gasteiger partial charge in [-0.3, -0.25) is 0 Å². The second-order valence-corrected chi connectivity index (χ2v) is 3.39. The number of halogens is 3. The van der Waals surface area contributed by atoms with Gasteiger partial charge in [0.15, 0.2) is 11.5 Å². The molecule has 0 aliphatic carbocycles. The third kappa shape index (κ3) is 1.30. The van der Waals surface area contributed by atoms with Crippen LogP contribution in [0.25, 0.3) is 0 Å². The Labute approximate surface area is 83.9 Å². The molecule has 0 amide bonds. The van der Waals surface area contributed by atoms with E-state index < -0.39 is 5.75 Å². The van der Waals surface area contributed by atoms with E-state index >= 15 is 0 Å². The predicted octanol–water partition coefficient (Wildman–Crippen LogP) is 3.29. The Kier molecular flexibility index (Phi) is 1.99. The van der Waals surface area contributed by atoms with E-state index in [1.54, 1.807) is 12.1 Å². The summed E-state index contributed by atoms with van der Waals surface area (Å²) < 4.78 is 10.1. The fraction of sp³-hybridized carbons (Fsp3) is 0.143. The molecule has 0 saturated heterocycles. The van der Waals surface area contributed by atoms with Crippen molar-refractivity contribution in [3.05, 3.63) is 22.2 Å². The molecule has 1 heterocycles. The first-order valence-electron chi connectivity index (χ1n) is 3.13. The molecule has 1 aliphatic heterocycles. The Morgan fingerprint density at radius 1 is 1.00 bits per heavy atom. The van der Waals surface area contributed by atoms with Crippen LogP contribution in [0.4, 0.5) is 0 Å². The zero-order valence-corrected chi connectivity index (χ0v) is 7.95. The van der Waals surface area contributed by atoms with Crippen LogP contribution in [-0.4, -0.2) is 5.75 Å². The smallest absolute Gasteiger partial charge is 0.322 e. The highest BCUT2D eigenvalue weighted by Gasteiger charge is 2.23. The number of benzene rings is 1. The van der Waals surface area contributed by atoms with Gasteiger partial charge in [0, 0.05) is 12.1 Å². The fourth-order valence-electron chi connectivity index (χ4n) is 0.918. The molecule has 0 fully saturated rings. The first-order chi connectivity index (χ1) is 5.66. The van der Waals surface area contributed by atoms with Gasteiger partial charge in [0.05, 0.1) is 10.0 Å². The lowest BCUT2D eigenvalue weighted by molar-refractivity contribution is 0.128. The van der Waals surface area contributed by atoms with Crippen molar-refractivity contribution in [2.75, 3.05) is 0 Å². The number of ether oxygens (including phenoxy) is 2. The third-order valence-electron chi connectivity index (χ3n) is 1.43. The summed E-state index contributed by atoms with van der Waals surface area (Å²) >= 11 is 17.0. The maximum Gasteiger partial charge on any atom is 0.322 e. The molecule has 1 aromatic rings. The Morgan fingerprint density at radius 3 is 1.83 bits per heavy atom. The molecule has 0 N–H and O–H groups in total. The summed E-state index contributed by atoms with van der Waals surface area (Å²) in [7, 11) is 0. The van der Waals surface area contributed by atoms with Gasteiger partial charge in [-0.1, -0.05) is 23.2 Å². The highest BCUT2D eigenvalue weighted by atomic mass is 35.5. The lowest BCUT2D eigenvalue weighted by Gasteiger charge is -1.97. The molecule has 64 valence electrons. The minimum absolute atomic E-state index is 0.421. The summed E-state index contributed by atoms with van der Waals surface area (Å²) in [6.45, 7) is 0. The zero-order valence-electron chi connectivity index (χ0n) is 5.68. The number of rotatable bonds is 0. The van der Waals surface area contributed by atoms with Gasteiger partial charge in [-0.25, -0.2) is 0 Å². The van der Waals surface area contributed by atoms with Crippen LogP contribution in [-0.2, 0) is 0 Å². The van der Waals surface area contributed by atoms with Gasteiger partial charge in [0.1, 0.15) is 0 Å². The standard InChI is InChI=1S/C7H3Cl3O2/c8-3-1-5-6(2-4(3)9)12-7(10)11-5/h1-2,7H. The molecule has 0 aromatic heterocycles. The molecule has 2 rings (SSSR count). The topological polar surface area (TPSA) is 18.5 Å². The van der Waals surface area contributed by atoms with Crippen LogP contribution in [0, 0.1) is 0 Å². The molecule has 0 radical (unpaired) electrons. The van der Waals surface area contributed by atoms with Crippen LogP contribution in [0.3, 0.4) is 0 Å². The van der Waals surface area contributed by atoms with Crippen molar-refractivity contribution < 1.29 is 9.47 Å². The molecule has 0 atom stereocenters. The Morgan fingerprint density at radius 2 is 1.42 bits per heavy atom. The quantitative estimate of drug-likeness (QED) is 0.631. The minimum atomic E-state index is -0.783. The summed E-state index contributed by atoms with van der Waals surface area (Å²) in [6.07, 6.45) is 0. The largest absolute Gasteiger partial charge is 0.438 e. The predicted molar refractivity (Wildman–Crippen MR) is 47.4 cm³/mol. The van der Waals surface area contributed by atoms with Crippen molar-refractivity contribution in [1.29, 1.82) is 0 Å². The van der Waals surface area contributed by atoms with Crippen LogP contribution in [0.2, 0.25) is 10.0 Å². The maximum absolute atomic E-state index is 5.73. The average molecular weight is 225 g/mol. The minimum Gasteiger partial charge on any atom is -0.438 e. The van der Waals surface area contributed by atoms with Gasteiger partial charge in [-0.05, 0) is 11.6 Å². The van der Waals surface area contributed by atoms with E-state index in [9.17, 15) is 0 Å². The first-order valence-corrected chi connectivity index (χ1v) is 4.32. The molecule has 2 nitrogen and oxygen atoms in total. The van der Waals surface area contributed by atoms with E-state index in [1.165, 1.54) is 0 Å². The van der Waals surface area contributed by atoms with Gasteiger partial charge in [0.25, 0.3) is 0 Å². The van der Waals surface area contributed by atoms with Crippen LogP contribution in [0.5, 0.6) is 11.5 Å². The van der Waals surface area contributed by atoms with E-state index in [2.05, 4.69) is 0 Å². The summed E-state index contributed by atoms with van der Waals surface area (Å²) in [6, 6.07) is 3.14. The number of alkyl halides is 1. The van der Waals surface area contributed by atoms with Crippen LogP contribution in [0.1, 0.15) is 0 Å². The lowest BCUT2D eigenvalue weighted by Crippen LogP contribution is -2.07. The maximum atomic E-state index is 5.73. The highest BCUT2D eigenvalue weighted by Crippen LogP contribution is 2.41. The molecule has 0 saturated carbocycles. The number of hydrogen-bond donors (Lipinski definition) is 0. The summed E-state index contributed by atoms with van der Waals surface area (Å²) in [5.74, 6) is 0.253. The lowest BCUT2D eigenvalue weighted by atomic mass is 10.3. The Hall–Kier alpha value is -0.310. The van der Waals surface area contributed by atoms with Crippen LogP contribution >= 0.6 is 34.8 Å². The second kappa shape index (κ2) is 2.87. The summed E-state index contributed by atoms with van der Waals surface area (Å²) in [5, 5.41) is 0.842. The average Bonchev–Trinajstić information content (AvgIpc) is 2.30. The molecule has 1 aliphatic rings. The first kappa shape index (κ1) is 8.30. The number of hydrogen-bond acceptors (Lipinski definition) is 2. The van der Waals surface area contributed by atoms with Crippen molar-refractivity contribution in [3.63, 3.8) is 0 Å². The van der Waals surface area contributed by atoms with Gasteiger partial charge in [0.2, 0.25) is 0 Å². The Bertz CT molecular complexity index is 296. The third-order valence-corrected chi connectivity index (χ3v) is 2.33. The SMILES string of the molecule is Clc1cc2c(cc1Cl)OC(Cl)O2. The monoisotopic (exact) mass is 224 g/mol. The molecular weight excluding hydrogens is 222 g/mol. The summed E-state index contributed by atoms with van der Waals surface area (Å²) in [5.41, 5.74) is 0. The number of fused-ring (bicyclic) bond motifs is 1. The van der Waals surface area contributed by atoms with Gasteiger partial charge < -0.3 is 9.47 Å². The van der Waals surface area contributed by atoms with E-state index in [0.717, 1.165) is 0 Å². The van der Waals surface area contributed by atoms with Crippen molar-refractivity contribution >= 4 is 34.8 Å². The zero-order chi connectivity index (χ0) is 8.72. The molecule has 0 bridgehead atoms. The molecule has 1 aromatic carbocycles. The molecule has 0 unspecified atom stereocenters. The van der Waals surface area contributed by atoms with Crippen LogP contribution in [0.15, 0.2) is 12.1 Å². The van der Waals surface area contributed by atoms with Crippen LogP contribution < -0.4 is 9.47 Å². The van der Waals surface area contributed by atoms with Crippen molar-refractivity contribution in [1.82, 2.24) is 0 Å². The molecule has 0 spiro atoms. The normalized spacial score (nSPS) is 15.2. The van der Waals surface area contributed by atoms with Gasteiger partial charge in [-0.15, -0.1) is 0 Å². The fourth-order valence-corrected chi connectivity index (χ4v) is 1.42. The highest BCUT2D eigenvalue weighted by molar-refractivity contribution is 6.42. The molecular formula is C7H3Cl3O2. The van der Waals surface area contributed by atoms with E-state index in [-0.39, 0.29) is 0 Å². The second-order valence-electron chi connectivity index (χ2n) is 2.22. The van der Waals surface area contributed by atoms with Crippen molar-refractivity contribution in [3.8, 4) is 11.5 Å². The van der Waals surface area contributed by atoms with Crippen molar-refractivity contribution in [2.45, 2.75) is 5.75 Å². The van der Waals surface area contributed by atoms with Gasteiger partial charge in [-0.2, -0.15) is 0 Å². The molecule has 5 heteroatoms. The van der Waals surface area contributed by atoms with E-state index in [4.69, 9.17) is 44.3 Å². The van der Waals surface area contributed by atoms with E-state index in [0.29, 0.717) is 21.5 Å². The summed E-state index contributed by atoms with van der Waals surface area (Å²) in [4.78, 5) is 0. The Balaban J connectivity index is 2.48. The van der Waals surface area contributed by atoms with Gasteiger partial charge >= 0.3 is 5.75 Å².